The van der Waals surface area contributed by atoms with E-state index >= 15 is 0 Å². The van der Waals surface area contributed by atoms with Gasteiger partial charge in [0.1, 0.15) is 6.61 Å². The van der Waals surface area contributed by atoms with Crippen LogP contribution in [0.4, 0.5) is 0 Å². The Labute approximate surface area is 249 Å². The zero-order valence-corrected chi connectivity index (χ0v) is 27.1. The van der Waals surface area contributed by atoms with Crippen LogP contribution in [0.1, 0.15) is 188 Å². The van der Waals surface area contributed by atoms with Crippen molar-refractivity contribution in [3.8, 4) is 0 Å². The SMILES string of the molecule is CCCCCCCCCCCCCCCCOCC(COC(=O)CCCCCCC)OC(=O)CCCCCCC. The normalized spacial score (nSPS) is 12.0. The summed E-state index contributed by atoms with van der Waals surface area (Å²) in [7, 11) is 0. The largest absolute Gasteiger partial charge is 0.462 e. The lowest BCUT2D eigenvalue weighted by molar-refractivity contribution is -0.163. The topological polar surface area (TPSA) is 61.8 Å². The van der Waals surface area contributed by atoms with Crippen molar-refractivity contribution in [2.24, 2.45) is 0 Å². The van der Waals surface area contributed by atoms with Crippen molar-refractivity contribution >= 4 is 11.9 Å². The molecule has 0 aromatic heterocycles. The maximum absolute atomic E-state index is 12.4. The first-order valence-corrected chi connectivity index (χ1v) is 17.6. The fourth-order valence-corrected chi connectivity index (χ4v) is 4.98. The molecule has 40 heavy (non-hydrogen) atoms. The van der Waals surface area contributed by atoms with Gasteiger partial charge in [-0.1, -0.05) is 156 Å². The third kappa shape index (κ3) is 29.9. The molecule has 0 fully saturated rings. The first-order valence-electron chi connectivity index (χ1n) is 17.6. The lowest BCUT2D eigenvalue weighted by Gasteiger charge is -2.18. The van der Waals surface area contributed by atoms with E-state index in [0.717, 1.165) is 44.9 Å². The molecule has 0 aliphatic carbocycles. The zero-order valence-electron chi connectivity index (χ0n) is 27.1. The van der Waals surface area contributed by atoms with Gasteiger partial charge in [0, 0.05) is 19.4 Å². The average molecular weight is 569 g/mol. The molecule has 0 rings (SSSR count). The monoisotopic (exact) mass is 569 g/mol. The van der Waals surface area contributed by atoms with E-state index in [1.165, 1.54) is 109 Å². The molecule has 0 aliphatic rings. The second-order valence-electron chi connectivity index (χ2n) is 11.8. The second-order valence-corrected chi connectivity index (χ2v) is 11.8. The molecule has 0 aliphatic heterocycles. The maximum Gasteiger partial charge on any atom is 0.306 e. The van der Waals surface area contributed by atoms with Crippen LogP contribution in [-0.4, -0.2) is 37.9 Å². The van der Waals surface area contributed by atoms with Crippen molar-refractivity contribution in [3.63, 3.8) is 0 Å². The molecule has 0 saturated heterocycles. The van der Waals surface area contributed by atoms with Crippen molar-refractivity contribution in [2.45, 2.75) is 194 Å². The fraction of sp³-hybridized carbons (Fsp3) is 0.943. The Kier molecular flexibility index (Phi) is 31.5. The van der Waals surface area contributed by atoms with Crippen LogP contribution in [0.5, 0.6) is 0 Å². The van der Waals surface area contributed by atoms with Crippen LogP contribution in [0.25, 0.3) is 0 Å². The van der Waals surface area contributed by atoms with Crippen molar-refractivity contribution < 1.29 is 23.8 Å². The van der Waals surface area contributed by atoms with Gasteiger partial charge in [-0.05, 0) is 19.3 Å². The molecular formula is C35H68O5. The summed E-state index contributed by atoms with van der Waals surface area (Å²) in [5, 5.41) is 0. The molecule has 238 valence electrons. The van der Waals surface area contributed by atoms with E-state index in [1.54, 1.807) is 0 Å². The van der Waals surface area contributed by atoms with Crippen LogP contribution in [0.2, 0.25) is 0 Å². The van der Waals surface area contributed by atoms with Crippen molar-refractivity contribution in [1.29, 1.82) is 0 Å². The Balaban J connectivity index is 4.00. The summed E-state index contributed by atoms with van der Waals surface area (Å²) in [6.07, 6.45) is 29.9. The van der Waals surface area contributed by atoms with E-state index in [2.05, 4.69) is 20.8 Å². The minimum atomic E-state index is -0.515. The molecule has 0 spiro atoms. The molecule has 5 nitrogen and oxygen atoms in total. The molecular weight excluding hydrogens is 500 g/mol. The molecule has 1 atom stereocenters. The van der Waals surface area contributed by atoms with Gasteiger partial charge in [-0.2, -0.15) is 0 Å². The summed E-state index contributed by atoms with van der Waals surface area (Å²) in [6, 6.07) is 0. The number of unbranched alkanes of at least 4 members (excludes halogenated alkanes) is 21. The van der Waals surface area contributed by atoms with E-state index in [1.807, 2.05) is 0 Å². The minimum absolute atomic E-state index is 0.0914. The molecule has 1 unspecified atom stereocenters. The number of ether oxygens (including phenoxy) is 3. The van der Waals surface area contributed by atoms with Gasteiger partial charge in [0.15, 0.2) is 6.10 Å². The lowest BCUT2D eigenvalue weighted by atomic mass is 10.0. The third-order valence-corrected chi connectivity index (χ3v) is 7.64. The Morgan fingerprint density at radius 1 is 0.450 bits per heavy atom. The molecule has 0 amide bonds. The summed E-state index contributed by atoms with van der Waals surface area (Å²) in [4.78, 5) is 24.5. The smallest absolute Gasteiger partial charge is 0.306 e. The third-order valence-electron chi connectivity index (χ3n) is 7.64. The predicted octanol–water partition coefficient (Wildman–Crippen LogP) is 10.7. The molecule has 0 heterocycles. The standard InChI is InChI=1S/C35H68O5/c1-4-7-10-13-14-15-16-17-18-19-20-21-24-27-30-38-31-33(40-35(37)29-26-23-12-9-6-3)32-39-34(36)28-25-22-11-8-5-2/h33H,4-32H2,1-3H3. The van der Waals surface area contributed by atoms with Crippen molar-refractivity contribution in [3.05, 3.63) is 0 Å². The lowest BCUT2D eigenvalue weighted by Crippen LogP contribution is -2.30. The van der Waals surface area contributed by atoms with E-state index in [-0.39, 0.29) is 18.5 Å². The summed E-state index contributed by atoms with van der Waals surface area (Å²) in [5.41, 5.74) is 0. The molecule has 0 radical (unpaired) electrons. The molecule has 0 aromatic carbocycles. The summed E-state index contributed by atoms with van der Waals surface area (Å²) >= 11 is 0. The molecule has 0 saturated carbocycles. The molecule has 0 N–H and O–H groups in total. The second kappa shape index (κ2) is 32.4. The highest BCUT2D eigenvalue weighted by Crippen LogP contribution is 2.13. The van der Waals surface area contributed by atoms with Crippen LogP contribution >= 0.6 is 0 Å². The van der Waals surface area contributed by atoms with Crippen molar-refractivity contribution in [1.82, 2.24) is 0 Å². The van der Waals surface area contributed by atoms with E-state index in [0.29, 0.717) is 26.1 Å². The number of esters is 2. The highest BCUT2D eigenvalue weighted by molar-refractivity contribution is 5.70. The van der Waals surface area contributed by atoms with Gasteiger partial charge in [-0.25, -0.2) is 0 Å². The first-order chi connectivity index (χ1) is 19.6. The predicted molar refractivity (Wildman–Crippen MR) is 169 cm³/mol. The van der Waals surface area contributed by atoms with Crippen molar-refractivity contribution in [2.75, 3.05) is 19.8 Å². The van der Waals surface area contributed by atoms with Crippen LogP contribution < -0.4 is 0 Å². The number of hydrogen-bond donors (Lipinski definition) is 0. The fourth-order valence-electron chi connectivity index (χ4n) is 4.98. The van der Waals surface area contributed by atoms with Crippen LogP contribution in [0.3, 0.4) is 0 Å². The highest BCUT2D eigenvalue weighted by atomic mass is 16.6. The summed E-state index contributed by atoms with van der Waals surface area (Å²) in [5.74, 6) is -0.415. The number of rotatable bonds is 32. The Morgan fingerprint density at radius 2 is 0.825 bits per heavy atom. The zero-order chi connectivity index (χ0) is 29.4. The molecule has 0 bridgehead atoms. The maximum atomic E-state index is 12.4. The van der Waals surface area contributed by atoms with Gasteiger partial charge in [-0.15, -0.1) is 0 Å². The van der Waals surface area contributed by atoms with Gasteiger partial charge in [-0.3, -0.25) is 9.59 Å². The molecule has 0 aromatic rings. The van der Waals surface area contributed by atoms with E-state index < -0.39 is 6.10 Å². The number of carbonyl (C=O) groups is 2. The Hall–Kier alpha value is -1.10. The molecule has 5 heteroatoms. The quantitative estimate of drug-likeness (QED) is 0.0596. The summed E-state index contributed by atoms with van der Waals surface area (Å²) in [6.45, 7) is 7.69. The van der Waals surface area contributed by atoms with Gasteiger partial charge in [0.05, 0.1) is 6.61 Å². The van der Waals surface area contributed by atoms with Crippen LogP contribution in [0.15, 0.2) is 0 Å². The van der Waals surface area contributed by atoms with E-state index in [4.69, 9.17) is 14.2 Å². The average Bonchev–Trinajstić information content (AvgIpc) is 2.95. The van der Waals surface area contributed by atoms with Gasteiger partial charge in [0.25, 0.3) is 0 Å². The van der Waals surface area contributed by atoms with Crippen LogP contribution in [0, 0.1) is 0 Å². The minimum Gasteiger partial charge on any atom is -0.462 e. The van der Waals surface area contributed by atoms with Gasteiger partial charge < -0.3 is 14.2 Å². The Morgan fingerprint density at radius 3 is 1.27 bits per heavy atom. The first kappa shape index (κ1) is 38.9. The number of hydrogen-bond acceptors (Lipinski definition) is 5. The van der Waals surface area contributed by atoms with E-state index in [9.17, 15) is 9.59 Å². The van der Waals surface area contributed by atoms with Crippen LogP contribution in [-0.2, 0) is 23.8 Å². The number of carbonyl (C=O) groups excluding carboxylic acids is 2. The Bertz CT molecular complexity index is 536. The summed E-state index contributed by atoms with van der Waals surface area (Å²) < 4.78 is 17.0. The van der Waals surface area contributed by atoms with Gasteiger partial charge >= 0.3 is 11.9 Å². The highest BCUT2D eigenvalue weighted by Gasteiger charge is 2.17. The van der Waals surface area contributed by atoms with Gasteiger partial charge in [0.2, 0.25) is 0 Å².